The van der Waals surface area contributed by atoms with Gasteiger partial charge in [0.1, 0.15) is 0 Å². The molecule has 0 saturated carbocycles. The van der Waals surface area contributed by atoms with Gasteiger partial charge in [-0.25, -0.2) is 4.79 Å². The molecule has 0 heterocycles. The van der Waals surface area contributed by atoms with Crippen LogP contribution in [0, 0.1) is 15.5 Å². The number of non-ortho nitro benzene ring substituents is 1. The summed E-state index contributed by atoms with van der Waals surface area (Å²) in [4.78, 5) is 26.4. The van der Waals surface area contributed by atoms with Gasteiger partial charge in [-0.05, 0) is 19.1 Å². The van der Waals surface area contributed by atoms with Crippen LogP contribution in [-0.4, -0.2) is 16.6 Å². The molecule has 1 rings (SSSR count). The van der Waals surface area contributed by atoms with Gasteiger partial charge in [0.2, 0.25) is 0 Å². The minimum atomic E-state index is -0.640. The molecule has 0 aliphatic heterocycles. The van der Waals surface area contributed by atoms with Crippen LogP contribution in [0.3, 0.4) is 0 Å². The minimum absolute atomic E-state index is 0.0778. The number of nitro groups is 1. The molecule has 6 nitrogen and oxygen atoms in total. The molecule has 0 aliphatic rings. The summed E-state index contributed by atoms with van der Waals surface area (Å²) in [7, 11) is 0. The van der Waals surface area contributed by atoms with Crippen molar-refractivity contribution in [3.63, 3.8) is 0 Å². The zero-order valence-electron chi connectivity index (χ0n) is 11.3. The summed E-state index contributed by atoms with van der Waals surface area (Å²) >= 11 is 0. The number of hydrogen-bond donors (Lipinski definition) is 0. The number of hydrogen-bond acceptors (Lipinski definition) is 5. The van der Waals surface area contributed by atoms with Crippen molar-refractivity contribution < 1.29 is 14.6 Å². The van der Waals surface area contributed by atoms with Gasteiger partial charge in [0, 0.05) is 17.5 Å². The predicted octanol–water partition coefficient (Wildman–Crippen LogP) is 3.17. The monoisotopic (exact) mass is 264 g/mol. The van der Waals surface area contributed by atoms with E-state index in [9.17, 15) is 14.9 Å². The first-order valence-electron chi connectivity index (χ1n) is 5.72. The Morgan fingerprint density at radius 2 is 1.79 bits per heavy atom. The molecule has 0 aliphatic carbocycles. The molecule has 0 saturated heterocycles. The van der Waals surface area contributed by atoms with Crippen LogP contribution in [0.25, 0.3) is 0 Å². The lowest BCUT2D eigenvalue weighted by Crippen LogP contribution is -2.17. The molecular formula is C13H16N2O4. The van der Waals surface area contributed by atoms with Crippen molar-refractivity contribution in [3.8, 4) is 0 Å². The Labute approximate surface area is 111 Å². The van der Waals surface area contributed by atoms with Crippen molar-refractivity contribution in [2.45, 2.75) is 27.7 Å². The van der Waals surface area contributed by atoms with Crippen LogP contribution >= 0.6 is 0 Å². The third kappa shape index (κ3) is 4.17. The van der Waals surface area contributed by atoms with Crippen LogP contribution in [0.15, 0.2) is 29.4 Å². The fourth-order valence-corrected chi connectivity index (χ4v) is 1.02. The summed E-state index contributed by atoms with van der Waals surface area (Å²) in [6.45, 7) is 7.62. The van der Waals surface area contributed by atoms with Crippen LogP contribution < -0.4 is 0 Å². The van der Waals surface area contributed by atoms with Crippen molar-refractivity contribution in [2.75, 3.05) is 0 Å². The molecule has 1 aromatic carbocycles. The second kappa shape index (κ2) is 5.60. The first-order chi connectivity index (χ1) is 8.71. The topological polar surface area (TPSA) is 81.8 Å². The molecular weight excluding hydrogens is 248 g/mol. The number of carbonyl (C=O) groups excluding carboxylic acids is 1. The Morgan fingerprint density at radius 1 is 1.26 bits per heavy atom. The van der Waals surface area contributed by atoms with Crippen LogP contribution in [0.2, 0.25) is 0 Å². The van der Waals surface area contributed by atoms with Gasteiger partial charge in [0.25, 0.3) is 5.69 Å². The van der Waals surface area contributed by atoms with E-state index in [0.717, 1.165) is 0 Å². The highest BCUT2D eigenvalue weighted by molar-refractivity contribution is 5.91. The van der Waals surface area contributed by atoms with E-state index in [1.807, 2.05) is 20.8 Å². The third-order valence-electron chi connectivity index (χ3n) is 2.66. The maximum Gasteiger partial charge on any atom is 0.365 e. The lowest BCUT2D eigenvalue weighted by Gasteiger charge is -2.16. The van der Waals surface area contributed by atoms with Gasteiger partial charge >= 0.3 is 5.97 Å². The maximum absolute atomic E-state index is 11.7. The highest BCUT2D eigenvalue weighted by atomic mass is 16.7. The summed E-state index contributed by atoms with van der Waals surface area (Å²) in [5.41, 5.74) is 0.639. The first kappa shape index (κ1) is 14.8. The summed E-state index contributed by atoms with van der Waals surface area (Å²) in [6, 6.07) is 5.17. The molecule has 0 aromatic heterocycles. The number of benzene rings is 1. The third-order valence-corrected chi connectivity index (χ3v) is 2.66. The van der Waals surface area contributed by atoms with Crippen LogP contribution in [0.1, 0.15) is 38.1 Å². The first-order valence-corrected chi connectivity index (χ1v) is 5.72. The van der Waals surface area contributed by atoms with E-state index < -0.39 is 10.9 Å². The van der Waals surface area contributed by atoms with E-state index in [4.69, 9.17) is 4.84 Å². The Balaban J connectivity index is 2.77. The van der Waals surface area contributed by atoms with Crippen molar-refractivity contribution in [3.05, 3.63) is 39.9 Å². The minimum Gasteiger partial charge on any atom is -0.313 e. The van der Waals surface area contributed by atoms with Gasteiger partial charge in [-0.1, -0.05) is 25.9 Å². The Bertz CT molecular complexity index is 512. The Morgan fingerprint density at radius 3 is 2.21 bits per heavy atom. The largest absolute Gasteiger partial charge is 0.365 e. The number of carbonyl (C=O) groups is 1. The fraction of sp³-hybridized carbons (Fsp3) is 0.385. The maximum atomic E-state index is 11.7. The van der Waals surface area contributed by atoms with Gasteiger partial charge in [-0.3, -0.25) is 10.1 Å². The van der Waals surface area contributed by atoms with Gasteiger partial charge < -0.3 is 4.84 Å². The molecule has 102 valence electrons. The molecule has 0 bridgehead atoms. The highest BCUT2D eigenvalue weighted by Gasteiger charge is 2.16. The van der Waals surface area contributed by atoms with E-state index in [0.29, 0.717) is 5.71 Å². The SMILES string of the molecule is C/C(=N/OC(=O)c1ccc([N+](=O)[O-])cc1)C(C)(C)C. The van der Waals surface area contributed by atoms with E-state index in [2.05, 4.69) is 5.16 Å². The molecule has 0 spiro atoms. The molecule has 19 heavy (non-hydrogen) atoms. The van der Waals surface area contributed by atoms with Crippen molar-refractivity contribution in [1.82, 2.24) is 0 Å². The molecule has 0 atom stereocenters. The van der Waals surface area contributed by atoms with Crippen LogP contribution in [0.4, 0.5) is 5.69 Å². The van der Waals surface area contributed by atoms with E-state index >= 15 is 0 Å². The van der Waals surface area contributed by atoms with E-state index in [-0.39, 0.29) is 16.7 Å². The zero-order valence-corrected chi connectivity index (χ0v) is 11.3. The number of rotatable bonds is 3. The smallest absolute Gasteiger partial charge is 0.313 e. The lowest BCUT2D eigenvalue weighted by atomic mass is 9.91. The summed E-state index contributed by atoms with van der Waals surface area (Å²) in [5, 5.41) is 14.2. The number of nitro benzene ring substituents is 1. The summed E-state index contributed by atoms with van der Waals surface area (Å²) < 4.78 is 0. The van der Waals surface area contributed by atoms with Crippen LogP contribution in [0.5, 0.6) is 0 Å². The Kier molecular flexibility index (Phi) is 4.37. The molecule has 0 amide bonds. The lowest BCUT2D eigenvalue weighted by molar-refractivity contribution is -0.384. The predicted molar refractivity (Wildman–Crippen MR) is 71.1 cm³/mol. The van der Waals surface area contributed by atoms with Gasteiger partial charge in [0.05, 0.1) is 16.2 Å². The zero-order chi connectivity index (χ0) is 14.6. The van der Waals surface area contributed by atoms with Crippen LogP contribution in [-0.2, 0) is 4.84 Å². The molecule has 0 unspecified atom stereocenters. The van der Waals surface area contributed by atoms with E-state index in [1.165, 1.54) is 24.3 Å². The average Bonchev–Trinajstić information content (AvgIpc) is 2.34. The Hall–Kier alpha value is -2.24. The molecule has 0 N–H and O–H groups in total. The fourth-order valence-electron chi connectivity index (χ4n) is 1.02. The molecule has 0 radical (unpaired) electrons. The average molecular weight is 264 g/mol. The second-order valence-electron chi connectivity index (χ2n) is 5.11. The van der Waals surface area contributed by atoms with Crippen molar-refractivity contribution in [2.24, 2.45) is 10.6 Å². The van der Waals surface area contributed by atoms with Gasteiger partial charge in [-0.15, -0.1) is 0 Å². The molecule has 6 heteroatoms. The normalized spacial score (nSPS) is 12.1. The van der Waals surface area contributed by atoms with Crippen molar-refractivity contribution in [1.29, 1.82) is 0 Å². The second-order valence-corrected chi connectivity index (χ2v) is 5.11. The standard InChI is InChI=1S/C13H16N2O4/c1-9(13(2,3)4)14-19-12(16)10-5-7-11(8-6-10)15(17)18/h5-8H,1-4H3/b14-9-. The summed E-state index contributed by atoms with van der Waals surface area (Å²) in [6.07, 6.45) is 0. The number of oxime groups is 1. The number of nitrogens with zero attached hydrogens (tertiary/aromatic N) is 2. The van der Waals surface area contributed by atoms with Gasteiger partial charge in [-0.2, -0.15) is 0 Å². The quantitative estimate of drug-likeness (QED) is 0.363. The molecule has 0 fully saturated rings. The van der Waals surface area contributed by atoms with Crippen molar-refractivity contribution >= 4 is 17.4 Å². The molecule has 1 aromatic rings. The van der Waals surface area contributed by atoms with Gasteiger partial charge in [0.15, 0.2) is 0 Å². The summed E-state index contributed by atoms with van der Waals surface area (Å²) in [5.74, 6) is -0.640. The highest BCUT2D eigenvalue weighted by Crippen LogP contribution is 2.16. The van der Waals surface area contributed by atoms with E-state index in [1.54, 1.807) is 6.92 Å².